The number of hydrogen-bond donors (Lipinski definition) is 1. The van der Waals surface area contributed by atoms with Crippen molar-refractivity contribution in [2.75, 3.05) is 0 Å². The van der Waals surface area contributed by atoms with Crippen LogP contribution in [-0.4, -0.2) is 11.1 Å². The van der Waals surface area contributed by atoms with Gasteiger partial charge < -0.3 is 5.11 Å². The van der Waals surface area contributed by atoms with Gasteiger partial charge >= 0.3 is 5.97 Å². The summed E-state index contributed by atoms with van der Waals surface area (Å²) in [6.07, 6.45) is 0.834. The van der Waals surface area contributed by atoms with Crippen LogP contribution >= 0.6 is 0 Å². The fourth-order valence-corrected chi connectivity index (χ4v) is 2.21. The van der Waals surface area contributed by atoms with E-state index in [0.29, 0.717) is 0 Å². The van der Waals surface area contributed by atoms with Crippen LogP contribution in [0.5, 0.6) is 0 Å². The molecule has 2 nitrogen and oxygen atoms in total. The molecule has 0 heterocycles. The number of aliphatic carboxylic acids is 1. The van der Waals surface area contributed by atoms with E-state index in [4.69, 9.17) is 5.11 Å². The largest absolute Gasteiger partial charge is 0.481 e. The summed E-state index contributed by atoms with van der Waals surface area (Å²) in [5, 5.41) is 9.03. The fourth-order valence-electron chi connectivity index (χ4n) is 2.21. The zero-order valence-corrected chi connectivity index (χ0v) is 11.5. The summed E-state index contributed by atoms with van der Waals surface area (Å²) in [5.74, 6) is -0.846. The molecule has 0 aliphatic rings. The third-order valence-electron chi connectivity index (χ3n) is 3.38. The Bertz CT molecular complexity index is 438. The van der Waals surface area contributed by atoms with Crippen LogP contribution < -0.4 is 0 Å². The lowest BCUT2D eigenvalue weighted by Gasteiger charge is -2.20. The minimum absolute atomic E-state index is 0.0343. The third-order valence-corrected chi connectivity index (χ3v) is 3.38. The monoisotopic (exact) mass is 252 g/mol. The minimum atomic E-state index is -0.868. The van der Waals surface area contributed by atoms with Gasteiger partial charge in [0.05, 0.1) is 6.42 Å². The Balaban J connectivity index is 3.41. The van der Waals surface area contributed by atoms with Crippen LogP contribution in [0.15, 0.2) is 12.1 Å². The first-order valence-electron chi connectivity index (χ1n) is 6.40. The highest BCUT2D eigenvalue weighted by atomic mass is 19.1. The number of halogens is 1. The van der Waals surface area contributed by atoms with Crippen molar-refractivity contribution < 1.29 is 14.3 Å². The highest BCUT2D eigenvalue weighted by Crippen LogP contribution is 2.31. The molecule has 0 amide bonds. The topological polar surface area (TPSA) is 37.3 Å². The molecule has 1 aromatic rings. The van der Waals surface area contributed by atoms with E-state index in [1.807, 2.05) is 27.7 Å². The summed E-state index contributed by atoms with van der Waals surface area (Å²) in [6.45, 7) is 7.94. The van der Waals surface area contributed by atoms with E-state index >= 15 is 0 Å². The van der Waals surface area contributed by atoms with Crippen molar-refractivity contribution in [3.05, 3.63) is 34.6 Å². The smallest absolute Gasteiger partial charge is 0.307 e. The number of rotatable bonds is 5. The van der Waals surface area contributed by atoms with Gasteiger partial charge in [0.15, 0.2) is 0 Å². The summed E-state index contributed by atoms with van der Waals surface area (Å²) in [6, 6.07) is 2.95. The van der Waals surface area contributed by atoms with Crippen LogP contribution in [-0.2, 0) is 11.2 Å². The van der Waals surface area contributed by atoms with Crippen molar-refractivity contribution in [3.63, 3.8) is 0 Å². The van der Waals surface area contributed by atoms with Crippen molar-refractivity contribution in [1.29, 1.82) is 0 Å². The second-order valence-corrected chi connectivity index (χ2v) is 5.10. The molecule has 0 aliphatic heterocycles. The molecule has 0 aliphatic carbocycles. The second-order valence-electron chi connectivity index (χ2n) is 5.10. The van der Waals surface area contributed by atoms with Crippen LogP contribution in [0.1, 0.15) is 62.6 Å². The highest BCUT2D eigenvalue weighted by molar-refractivity contribution is 5.71. The molecule has 0 radical (unpaired) electrons. The van der Waals surface area contributed by atoms with Gasteiger partial charge in [0.1, 0.15) is 5.82 Å². The summed E-state index contributed by atoms with van der Waals surface area (Å²) < 4.78 is 13.7. The van der Waals surface area contributed by atoms with Crippen LogP contribution in [0.25, 0.3) is 0 Å². The van der Waals surface area contributed by atoms with E-state index in [1.54, 1.807) is 0 Å². The van der Waals surface area contributed by atoms with Gasteiger partial charge in [-0.3, -0.25) is 4.79 Å². The molecule has 18 heavy (non-hydrogen) atoms. The van der Waals surface area contributed by atoms with Gasteiger partial charge in [-0.2, -0.15) is 0 Å². The van der Waals surface area contributed by atoms with Crippen LogP contribution in [0, 0.1) is 5.82 Å². The molecular formula is C15H21FO2. The van der Waals surface area contributed by atoms with Gasteiger partial charge in [-0.25, -0.2) is 4.39 Å². The zero-order chi connectivity index (χ0) is 13.9. The van der Waals surface area contributed by atoms with Gasteiger partial charge in [-0.1, -0.05) is 27.7 Å². The molecule has 3 heteroatoms. The molecule has 1 N–H and O–H groups in total. The summed E-state index contributed by atoms with van der Waals surface area (Å²) in [4.78, 5) is 11.0. The average molecular weight is 252 g/mol. The predicted octanol–water partition coefficient (Wildman–Crippen LogP) is 4.09. The normalized spacial score (nSPS) is 12.8. The first-order chi connectivity index (χ1) is 8.36. The van der Waals surface area contributed by atoms with Crippen LogP contribution in [0.3, 0.4) is 0 Å². The van der Waals surface area contributed by atoms with Gasteiger partial charge in [0, 0.05) is 0 Å². The maximum Gasteiger partial charge on any atom is 0.307 e. The highest BCUT2D eigenvalue weighted by Gasteiger charge is 2.19. The molecule has 0 spiro atoms. The maximum absolute atomic E-state index is 13.7. The molecular weight excluding hydrogens is 231 g/mol. The average Bonchev–Trinajstić information content (AvgIpc) is 2.28. The number of carbonyl (C=O) groups is 1. The lowest BCUT2D eigenvalue weighted by Crippen LogP contribution is -2.11. The molecule has 0 saturated heterocycles. The Kier molecular flexibility index (Phi) is 4.88. The lowest BCUT2D eigenvalue weighted by atomic mass is 9.85. The number of carboxylic acids is 1. The number of hydrogen-bond acceptors (Lipinski definition) is 1. The minimum Gasteiger partial charge on any atom is -0.481 e. The van der Waals surface area contributed by atoms with Crippen LogP contribution in [0.2, 0.25) is 0 Å². The maximum atomic E-state index is 13.7. The zero-order valence-electron chi connectivity index (χ0n) is 11.5. The van der Waals surface area contributed by atoms with Crippen molar-refractivity contribution in [1.82, 2.24) is 0 Å². The Labute approximate surface area is 108 Å². The molecule has 0 aromatic heterocycles. The summed E-state index contributed by atoms with van der Waals surface area (Å²) in [7, 11) is 0. The molecule has 1 atom stereocenters. The van der Waals surface area contributed by atoms with E-state index in [0.717, 1.165) is 23.1 Å². The Morgan fingerprint density at radius 3 is 2.28 bits per heavy atom. The third kappa shape index (κ3) is 3.31. The first-order valence-corrected chi connectivity index (χ1v) is 6.40. The van der Waals surface area contributed by atoms with E-state index in [-0.39, 0.29) is 24.1 Å². The van der Waals surface area contributed by atoms with E-state index in [9.17, 15) is 9.18 Å². The number of benzene rings is 1. The fraction of sp³-hybridized carbons (Fsp3) is 0.533. The predicted molar refractivity (Wildman–Crippen MR) is 70.5 cm³/mol. The SMILES string of the molecule is CCC(C)c1cc(F)cc(C(C)C)c1CC(=O)O. The van der Waals surface area contributed by atoms with Gasteiger partial charge in [-0.05, 0) is 47.1 Å². The van der Waals surface area contributed by atoms with E-state index < -0.39 is 5.97 Å². The van der Waals surface area contributed by atoms with Gasteiger partial charge in [-0.15, -0.1) is 0 Å². The molecule has 1 aromatic carbocycles. The number of carboxylic acid groups (broad SMARTS) is 1. The molecule has 0 fully saturated rings. The first kappa shape index (κ1) is 14.7. The van der Waals surface area contributed by atoms with Gasteiger partial charge in [0.25, 0.3) is 0 Å². The molecule has 1 unspecified atom stereocenters. The Morgan fingerprint density at radius 1 is 1.28 bits per heavy atom. The van der Waals surface area contributed by atoms with E-state index in [2.05, 4.69) is 0 Å². The standard InChI is InChI=1S/C15H21FO2/c1-5-10(4)13-7-11(16)6-12(9(2)3)14(13)8-15(17)18/h6-7,9-10H,5,8H2,1-4H3,(H,17,18). The lowest BCUT2D eigenvalue weighted by molar-refractivity contribution is -0.136. The van der Waals surface area contributed by atoms with Crippen molar-refractivity contribution in [2.45, 2.75) is 52.4 Å². The quantitative estimate of drug-likeness (QED) is 0.857. The molecule has 0 bridgehead atoms. The second kappa shape index (κ2) is 5.98. The molecule has 0 saturated carbocycles. The Hall–Kier alpha value is -1.38. The molecule has 1 rings (SSSR count). The van der Waals surface area contributed by atoms with E-state index in [1.165, 1.54) is 12.1 Å². The van der Waals surface area contributed by atoms with Crippen molar-refractivity contribution in [3.8, 4) is 0 Å². The Morgan fingerprint density at radius 2 is 1.83 bits per heavy atom. The van der Waals surface area contributed by atoms with Crippen molar-refractivity contribution in [2.24, 2.45) is 0 Å². The van der Waals surface area contributed by atoms with Crippen molar-refractivity contribution >= 4 is 5.97 Å². The molecule has 100 valence electrons. The summed E-state index contributed by atoms with van der Waals surface area (Å²) >= 11 is 0. The van der Waals surface area contributed by atoms with Crippen LogP contribution in [0.4, 0.5) is 4.39 Å². The summed E-state index contributed by atoms with van der Waals surface area (Å²) in [5.41, 5.74) is 2.43. The van der Waals surface area contributed by atoms with Gasteiger partial charge in [0.2, 0.25) is 0 Å².